The van der Waals surface area contributed by atoms with Gasteiger partial charge < -0.3 is 14.3 Å². The minimum atomic E-state index is 0.760. The normalized spacial score (nSPS) is 10.9. The first-order valence-corrected chi connectivity index (χ1v) is 4.94. The van der Waals surface area contributed by atoms with Crippen LogP contribution >= 0.6 is 0 Å². The van der Waals surface area contributed by atoms with E-state index in [0.29, 0.717) is 0 Å². The summed E-state index contributed by atoms with van der Waals surface area (Å²) < 4.78 is 7.60. The van der Waals surface area contributed by atoms with Crippen LogP contribution in [0.3, 0.4) is 0 Å². The number of aryl methyl sites for hydroxylation is 1. The Balaban J connectivity index is 2.37. The number of imidazole rings is 1. The van der Waals surface area contributed by atoms with Gasteiger partial charge in [0, 0.05) is 7.05 Å². The van der Waals surface area contributed by atoms with Crippen molar-refractivity contribution in [1.82, 2.24) is 14.9 Å². The third-order valence-corrected chi connectivity index (χ3v) is 2.41. The molecule has 0 aliphatic heterocycles. The quantitative estimate of drug-likeness (QED) is 0.829. The van der Waals surface area contributed by atoms with Crippen LogP contribution < -0.4 is 5.32 Å². The van der Waals surface area contributed by atoms with E-state index in [2.05, 4.69) is 10.3 Å². The first-order valence-electron chi connectivity index (χ1n) is 4.94. The predicted molar refractivity (Wildman–Crippen MR) is 58.4 cm³/mol. The molecule has 0 aromatic carbocycles. The zero-order valence-corrected chi connectivity index (χ0v) is 9.24. The van der Waals surface area contributed by atoms with Crippen molar-refractivity contribution in [1.29, 1.82) is 0 Å². The Morgan fingerprint density at radius 1 is 1.47 bits per heavy atom. The highest BCUT2D eigenvalue weighted by atomic mass is 16.3. The maximum absolute atomic E-state index is 5.56. The number of hydrogen-bond donors (Lipinski definition) is 1. The molecule has 80 valence electrons. The fourth-order valence-corrected chi connectivity index (χ4v) is 1.57. The second-order valence-electron chi connectivity index (χ2n) is 3.56. The highest BCUT2D eigenvalue weighted by Crippen LogP contribution is 2.21. The molecular weight excluding hydrogens is 190 g/mol. The van der Waals surface area contributed by atoms with E-state index in [-0.39, 0.29) is 0 Å². The van der Waals surface area contributed by atoms with Crippen molar-refractivity contribution in [2.24, 2.45) is 7.05 Å². The van der Waals surface area contributed by atoms with Crippen molar-refractivity contribution < 1.29 is 4.42 Å². The lowest BCUT2D eigenvalue weighted by Gasteiger charge is -2.03. The molecule has 0 radical (unpaired) electrons. The first-order chi connectivity index (χ1) is 7.22. The van der Waals surface area contributed by atoms with Gasteiger partial charge in [-0.25, -0.2) is 4.98 Å². The largest absolute Gasteiger partial charge is 0.460 e. The summed E-state index contributed by atoms with van der Waals surface area (Å²) in [4.78, 5) is 4.33. The van der Waals surface area contributed by atoms with E-state index in [0.717, 1.165) is 29.6 Å². The molecule has 4 nitrogen and oxygen atoms in total. The van der Waals surface area contributed by atoms with Crippen LogP contribution in [0.2, 0.25) is 0 Å². The van der Waals surface area contributed by atoms with E-state index in [1.165, 1.54) is 0 Å². The Kier molecular flexibility index (Phi) is 2.60. The molecule has 4 heteroatoms. The maximum Gasteiger partial charge on any atom is 0.152 e. The van der Waals surface area contributed by atoms with Crippen molar-refractivity contribution in [3.8, 4) is 11.5 Å². The summed E-state index contributed by atoms with van der Waals surface area (Å²) in [5.74, 6) is 2.78. The Morgan fingerprint density at radius 2 is 2.27 bits per heavy atom. The zero-order chi connectivity index (χ0) is 10.8. The van der Waals surface area contributed by atoms with Gasteiger partial charge in [0.25, 0.3) is 0 Å². The molecule has 0 aliphatic rings. The zero-order valence-electron chi connectivity index (χ0n) is 9.24. The summed E-state index contributed by atoms with van der Waals surface area (Å²) in [7, 11) is 3.90. The molecule has 0 spiro atoms. The fraction of sp³-hybridized carbons (Fsp3) is 0.364. The lowest BCUT2D eigenvalue weighted by Crippen LogP contribution is -2.10. The fourth-order valence-electron chi connectivity index (χ4n) is 1.57. The summed E-state index contributed by atoms with van der Waals surface area (Å²) in [6.45, 7) is 2.70. The number of nitrogens with one attached hydrogen (secondary N) is 1. The molecule has 15 heavy (non-hydrogen) atoms. The second-order valence-corrected chi connectivity index (χ2v) is 3.56. The lowest BCUT2D eigenvalue weighted by molar-refractivity contribution is 0.543. The predicted octanol–water partition coefficient (Wildman–Crippen LogP) is 1.71. The molecule has 0 unspecified atom stereocenters. The maximum atomic E-state index is 5.56. The van der Waals surface area contributed by atoms with Crippen molar-refractivity contribution >= 4 is 0 Å². The SMILES string of the molecule is CNCc1ncc(-c2ccc(C)o2)n1C. The van der Waals surface area contributed by atoms with E-state index in [4.69, 9.17) is 4.42 Å². The van der Waals surface area contributed by atoms with Crippen LogP contribution in [-0.4, -0.2) is 16.6 Å². The van der Waals surface area contributed by atoms with Crippen LogP contribution in [0, 0.1) is 6.92 Å². The van der Waals surface area contributed by atoms with E-state index in [9.17, 15) is 0 Å². The van der Waals surface area contributed by atoms with Gasteiger partial charge in [0.15, 0.2) is 5.76 Å². The van der Waals surface area contributed by atoms with Gasteiger partial charge in [-0.05, 0) is 26.1 Å². The summed E-state index contributed by atoms with van der Waals surface area (Å²) in [6.07, 6.45) is 1.84. The molecule has 0 fully saturated rings. The van der Waals surface area contributed by atoms with Crippen LogP contribution in [0.15, 0.2) is 22.7 Å². The van der Waals surface area contributed by atoms with Crippen LogP contribution in [0.5, 0.6) is 0 Å². The molecular formula is C11H15N3O. The van der Waals surface area contributed by atoms with Crippen molar-refractivity contribution in [3.05, 3.63) is 29.9 Å². The number of rotatable bonds is 3. The molecule has 0 saturated heterocycles. The molecule has 0 saturated carbocycles. The Bertz CT molecular complexity index is 456. The van der Waals surface area contributed by atoms with Gasteiger partial charge in [0.2, 0.25) is 0 Å². The molecule has 1 N–H and O–H groups in total. The number of nitrogens with zero attached hydrogens (tertiary/aromatic N) is 2. The topological polar surface area (TPSA) is 43.0 Å². The van der Waals surface area contributed by atoms with Crippen molar-refractivity contribution in [2.45, 2.75) is 13.5 Å². The second kappa shape index (κ2) is 3.90. The summed E-state index contributed by atoms with van der Waals surface area (Å²) in [5, 5.41) is 3.08. The average molecular weight is 205 g/mol. The molecule has 0 aliphatic carbocycles. The van der Waals surface area contributed by atoms with Gasteiger partial charge in [-0.2, -0.15) is 0 Å². The lowest BCUT2D eigenvalue weighted by atomic mass is 10.3. The molecule has 0 amide bonds. The first kappa shape index (κ1) is 9.98. The summed E-state index contributed by atoms with van der Waals surface area (Å²) in [6, 6.07) is 3.93. The minimum Gasteiger partial charge on any atom is -0.460 e. The Labute approximate surface area is 88.9 Å². The smallest absolute Gasteiger partial charge is 0.152 e. The van der Waals surface area contributed by atoms with Crippen LogP contribution in [0.4, 0.5) is 0 Å². The number of hydrogen-bond acceptors (Lipinski definition) is 3. The molecule has 0 atom stereocenters. The van der Waals surface area contributed by atoms with Gasteiger partial charge in [0.05, 0.1) is 12.7 Å². The standard InChI is InChI=1S/C11H15N3O/c1-8-4-5-10(15-8)9-6-13-11(7-12-2)14(9)3/h4-6,12H,7H2,1-3H3. The average Bonchev–Trinajstić information content (AvgIpc) is 2.76. The van der Waals surface area contributed by atoms with Gasteiger partial charge in [-0.1, -0.05) is 0 Å². The van der Waals surface area contributed by atoms with Crippen LogP contribution in [0.1, 0.15) is 11.6 Å². The van der Waals surface area contributed by atoms with Gasteiger partial charge >= 0.3 is 0 Å². The monoisotopic (exact) mass is 205 g/mol. The third kappa shape index (κ3) is 1.80. The van der Waals surface area contributed by atoms with Gasteiger partial charge in [0.1, 0.15) is 17.3 Å². The van der Waals surface area contributed by atoms with Crippen molar-refractivity contribution in [2.75, 3.05) is 7.05 Å². The van der Waals surface area contributed by atoms with E-state index < -0.39 is 0 Å². The molecule has 2 aromatic rings. The Hall–Kier alpha value is -1.55. The highest BCUT2D eigenvalue weighted by molar-refractivity contribution is 5.52. The number of furan rings is 1. The summed E-state index contributed by atoms with van der Waals surface area (Å²) in [5.41, 5.74) is 1.01. The van der Waals surface area contributed by atoms with Crippen LogP contribution in [0.25, 0.3) is 11.5 Å². The van der Waals surface area contributed by atoms with Gasteiger partial charge in [-0.3, -0.25) is 0 Å². The third-order valence-electron chi connectivity index (χ3n) is 2.41. The molecule has 0 bridgehead atoms. The Morgan fingerprint density at radius 3 is 2.87 bits per heavy atom. The summed E-state index contributed by atoms with van der Waals surface area (Å²) >= 11 is 0. The minimum absolute atomic E-state index is 0.760. The van der Waals surface area contributed by atoms with E-state index >= 15 is 0 Å². The van der Waals surface area contributed by atoms with E-state index in [1.54, 1.807) is 0 Å². The van der Waals surface area contributed by atoms with E-state index in [1.807, 2.05) is 43.9 Å². The van der Waals surface area contributed by atoms with Crippen molar-refractivity contribution in [3.63, 3.8) is 0 Å². The molecule has 2 rings (SSSR count). The van der Waals surface area contributed by atoms with Crippen LogP contribution in [-0.2, 0) is 13.6 Å². The number of aromatic nitrogens is 2. The molecule has 2 aromatic heterocycles. The molecule has 2 heterocycles. The highest BCUT2D eigenvalue weighted by Gasteiger charge is 2.10. The van der Waals surface area contributed by atoms with Gasteiger partial charge in [-0.15, -0.1) is 0 Å².